The van der Waals surface area contributed by atoms with E-state index in [4.69, 9.17) is 10.5 Å². The first-order valence-corrected chi connectivity index (χ1v) is 7.91. The number of hydrogen-bond acceptors (Lipinski definition) is 6. The predicted octanol–water partition coefficient (Wildman–Crippen LogP) is 1.49. The van der Waals surface area contributed by atoms with E-state index >= 15 is 0 Å². The number of carbonyl (C=O) groups is 1. The molecule has 7 heteroatoms. The molecule has 1 saturated heterocycles. The highest BCUT2D eigenvalue weighted by molar-refractivity contribution is 5.94. The Labute approximate surface area is 145 Å². The zero-order valence-electron chi connectivity index (χ0n) is 13.8. The maximum Gasteiger partial charge on any atom is 0.254 e. The molecule has 0 bridgehead atoms. The molecule has 3 rings (SSSR count). The fraction of sp³-hybridized carbons (Fsp3) is 0.278. The Morgan fingerprint density at radius 3 is 2.52 bits per heavy atom. The molecule has 1 aliphatic rings. The van der Waals surface area contributed by atoms with E-state index in [0.717, 1.165) is 5.69 Å². The van der Waals surface area contributed by atoms with Crippen LogP contribution in [0.15, 0.2) is 30.3 Å². The molecule has 1 amide bonds. The Balaban J connectivity index is 1.69. The van der Waals surface area contributed by atoms with Crippen molar-refractivity contribution in [1.29, 1.82) is 10.5 Å². The summed E-state index contributed by atoms with van der Waals surface area (Å²) in [7, 11) is 0. The molecule has 0 saturated carbocycles. The lowest BCUT2D eigenvalue weighted by molar-refractivity contribution is 0.0746. The molecule has 0 radical (unpaired) electrons. The number of amides is 1. The standard InChI is InChI=1S/C18H16N6O/c1-13-9-16(12-20)22-18(21-13)24-7-5-23(6-8-24)17(25)15-4-2-3-14(10-15)11-19/h2-4,9-10H,5-8H2,1H3. The van der Waals surface area contributed by atoms with Gasteiger partial charge >= 0.3 is 0 Å². The van der Waals surface area contributed by atoms with Gasteiger partial charge in [-0.3, -0.25) is 4.79 Å². The Bertz CT molecular complexity index is 887. The maximum absolute atomic E-state index is 12.6. The Morgan fingerprint density at radius 2 is 1.84 bits per heavy atom. The summed E-state index contributed by atoms with van der Waals surface area (Å²) >= 11 is 0. The number of nitrogens with zero attached hydrogens (tertiary/aromatic N) is 6. The molecular weight excluding hydrogens is 316 g/mol. The van der Waals surface area contributed by atoms with E-state index in [1.165, 1.54) is 0 Å². The van der Waals surface area contributed by atoms with Gasteiger partial charge in [0.15, 0.2) is 0 Å². The number of nitriles is 2. The molecule has 0 spiro atoms. The van der Waals surface area contributed by atoms with Crippen LogP contribution in [0.25, 0.3) is 0 Å². The van der Waals surface area contributed by atoms with Crippen molar-refractivity contribution in [2.45, 2.75) is 6.92 Å². The van der Waals surface area contributed by atoms with Gasteiger partial charge in [-0.2, -0.15) is 10.5 Å². The lowest BCUT2D eigenvalue weighted by atomic mass is 10.1. The lowest BCUT2D eigenvalue weighted by Crippen LogP contribution is -2.49. The van der Waals surface area contributed by atoms with Gasteiger partial charge in [0.25, 0.3) is 5.91 Å². The average molecular weight is 332 g/mol. The second kappa shape index (κ2) is 6.98. The quantitative estimate of drug-likeness (QED) is 0.826. The lowest BCUT2D eigenvalue weighted by Gasteiger charge is -2.34. The van der Waals surface area contributed by atoms with Crippen LogP contribution in [0.1, 0.15) is 27.3 Å². The van der Waals surface area contributed by atoms with E-state index in [2.05, 4.69) is 9.97 Å². The van der Waals surface area contributed by atoms with Gasteiger partial charge in [0.1, 0.15) is 11.8 Å². The van der Waals surface area contributed by atoms with E-state index in [0.29, 0.717) is 48.9 Å². The summed E-state index contributed by atoms with van der Waals surface area (Å²) in [5.41, 5.74) is 2.08. The normalized spacial score (nSPS) is 13.9. The maximum atomic E-state index is 12.6. The van der Waals surface area contributed by atoms with Gasteiger partial charge < -0.3 is 9.80 Å². The predicted molar refractivity (Wildman–Crippen MR) is 90.8 cm³/mol. The van der Waals surface area contributed by atoms with Crippen molar-refractivity contribution in [3.63, 3.8) is 0 Å². The third-order valence-electron chi connectivity index (χ3n) is 4.05. The Kier molecular flexibility index (Phi) is 4.58. The van der Waals surface area contributed by atoms with Crippen molar-refractivity contribution in [1.82, 2.24) is 14.9 Å². The molecule has 7 nitrogen and oxygen atoms in total. The van der Waals surface area contributed by atoms with Crippen LogP contribution in [0.5, 0.6) is 0 Å². The summed E-state index contributed by atoms with van der Waals surface area (Å²) < 4.78 is 0. The number of piperazine rings is 1. The van der Waals surface area contributed by atoms with Gasteiger partial charge in [0, 0.05) is 37.4 Å². The first-order valence-electron chi connectivity index (χ1n) is 7.91. The number of rotatable bonds is 2. The van der Waals surface area contributed by atoms with E-state index in [9.17, 15) is 4.79 Å². The molecule has 124 valence electrons. The number of anilines is 1. The molecule has 1 fully saturated rings. The van der Waals surface area contributed by atoms with E-state index in [-0.39, 0.29) is 5.91 Å². The first kappa shape index (κ1) is 16.4. The highest BCUT2D eigenvalue weighted by Crippen LogP contribution is 2.15. The zero-order valence-corrected chi connectivity index (χ0v) is 13.8. The topological polar surface area (TPSA) is 96.9 Å². The van der Waals surface area contributed by atoms with Gasteiger partial charge in [0.05, 0.1) is 11.6 Å². The SMILES string of the molecule is Cc1cc(C#N)nc(N2CCN(C(=O)c3cccc(C#N)c3)CC2)n1. The van der Waals surface area contributed by atoms with Crippen LogP contribution in [0.2, 0.25) is 0 Å². The third kappa shape index (κ3) is 3.56. The van der Waals surface area contributed by atoms with Crippen LogP contribution in [0.4, 0.5) is 5.95 Å². The summed E-state index contributed by atoms with van der Waals surface area (Å²) in [5, 5.41) is 18.0. The fourth-order valence-electron chi connectivity index (χ4n) is 2.77. The van der Waals surface area contributed by atoms with Crippen LogP contribution in [-0.2, 0) is 0 Å². The van der Waals surface area contributed by atoms with Crippen molar-refractivity contribution in [3.05, 3.63) is 52.8 Å². The van der Waals surface area contributed by atoms with Crippen molar-refractivity contribution in [3.8, 4) is 12.1 Å². The van der Waals surface area contributed by atoms with Gasteiger partial charge in [-0.15, -0.1) is 0 Å². The van der Waals surface area contributed by atoms with Crippen molar-refractivity contribution in [2.75, 3.05) is 31.1 Å². The number of aryl methyl sites for hydroxylation is 1. The molecular formula is C18H16N6O. The highest BCUT2D eigenvalue weighted by atomic mass is 16.2. The van der Waals surface area contributed by atoms with Crippen LogP contribution < -0.4 is 4.90 Å². The van der Waals surface area contributed by atoms with E-state index < -0.39 is 0 Å². The second-order valence-corrected chi connectivity index (χ2v) is 5.78. The number of carbonyl (C=O) groups excluding carboxylic acids is 1. The number of hydrogen-bond donors (Lipinski definition) is 0. The van der Waals surface area contributed by atoms with Gasteiger partial charge in [-0.1, -0.05) is 6.07 Å². The molecule has 0 N–H and O–H groups in total. The van der Waals surface area contributed by atoms with E-state index in [1.807, 2.05) is 24.0 Å². The van der Waals surface area contributed by atoms with Crippen LogP contribution >= 0.6 is 0 Å². The minimum absolute atomic E-state index is 0.0837. The third-order valence-corrected chi connectivity index (χ3v) is 4.05. The molecule has 2 aromatic rings. The summed E-state index contributed by atoms with van der Waals surface area (Å²) in [6.07, 6.45) is 0. The zero-order chi connectivity index (χ0) is 17.8. The summed E-state index contributed by atoms with van der Waals surface area (Å²) in [6, 6.07) is 12.5. The molecule has 0 unspecified atom stereocenters. The molecule has 2 heterocycles. The molecule has 0 atom stereocenters. The van der Waals surface area contributed by atoms with Crippen LogP contribution in [0.3, 0.4) is 0 Å². The fourth-order valence-corrected chi connectivity index (χ4v) is 2.77. The minimum Gasteiger partial charge on any atom is -0.337 e. The highest BCUT2D eigenvalue weighted by Gasteiger charge is 2.24. The Hall–Kier alpha value is -3.45. The molecule has 1 aromatic carbocycles. The number of aromatic nitrogens is 2. The molecule has 25 heavy (non-hydrogen) atoms. The molecule has 0 aliphatic carbocycles. The first-order chi connectivity index (χ1) is 12.1. The Morgan fingerprint density at radius 1 is 1.08 bits per heavy atom. The molecule has 1 aromatic heterocycles. The summed E-state index contributed by atoms with van der Waals surface area (Å²) in [5.74, 6) is 0.440. The smallest absolute Gasteiger partial charge is 0.254 e. The average Bonchev–Trinajstić information content (AvgIpc) is 2.67. The van der Waals surface area contributed by atoms with Crippen molar-refractivity contribution < 1.29 is 4.79 Å². The summed E-state index contributed by atoms with van der Waals surface area (Å²) in [6.45, 7) is 4.09. The van der Waals surface area contributed by atoms with Gasteiger partial charge in [-0.05, 0) is 31.2 Å². The van der Waals surface area contributed by atoms with E-state index in [1.54, 1.807) is 35.2 Å². The van der Waals surface area contributed by atoms with Crippen LogP contribution in [0, 0.1) is 29.6 Å². The summed E-state index contributed by atoms with van der Waals surface area (Å²) in [4.78, 5) is 24.9. The largest absolute Gasteiger partial charge is 0.337 e. The second-order valence-electron chi connectivity index (χ2n) is 5.78. The van der Waals surface area contributed by atoms with Crippen LogP contribution in [-0.4, -0.2) is 47.0 Å². The number of benzene rings is 1. The monoisotopic (exact) mass is 332 g/mol. The van der Waals surface area contributed by atoms with Crippen molar-refractivity contribution in [2.24, 2.45) is 0 Å². The van der Waals surface area contributed by atoms with Crippen molar-refractivity contribution >= 4 is 11.9 Å². The minimum atomic E-state index is -0.0837. The van der Waals surface area contributed by atoms with Gasteiger partial charge in [-0.25, -0.2) is 9.97 Å². The van der Waals surface area contributed by atoms with Gasteiger partial charge in [0.2, 0.25) is 5.95 Å². The molecule has 1 aliphatic heterocycles.